The van der Waals surface area contributed by atoms with Crippen molar-refractivity contribution in [2.75, 3.05) is 26.7 Å². The van der Waals surface area contributed by atoms with Gasteiger partial charge in [-0.2, -0.15) is 0 Å². The smallest absolute Gasteiger partial charge is 0.305 e. The van der Waals surface area contributed by atoms with Gasteiger partial charge in [0.25, 0.3) is 5.91 Å². The zero-order valence-electron chi connectivity index (χ0n) is 22.2. The van der Waals surface area contributed by atoms with Gasteiger partial charge in [0, 0.05) is 37.2 Å². The molecule has 41 heavy (non-hydrogen) atoms. The number of piperidine rings is 1. The van der Waals surface area contributed by atoms with Crippen LogP contribution in [0.3, 0.4) is 0 Å². The second-order valence-electron chi connectivity index (χ2n) is 9.61. The summed E-state index contributed by atoms with van der Waals surface area (Å²) in [7, 11) is 1.52. The average molecular weight is 619 g/mol. The van der Waals surface area contributed by atoms with Gasteiger partial charge in [0.15, 0.2) is 0 Å². The summed E-state index contributed by atoms with van der Waals surface area (Å²) < 4.78 is 5.98. The Balaban J connectivity index is 1.28. The first-order valence-corrected chi connectivity index (χ1v) is 14.6. The number of fused-ring (bicyclic) bond motifs is 1. The van der Waals surface area contributed by atoms with E-state index in [1.165, 1.54) is 24.5 Å². The Morgan fingerprint density at radius 3 is 2.49 bits per heavy atom. The fraction of sp³-hybridized carbons (Fsp3) is 0.310. The third-order valence-electron chi connectivity index (χ3n) is 6.86. The lowest BCUT2D eigenvalue weighted by molar-refractivity contribution is -0.138. The van der Waals surface area contributed by atoms with Gasteiger partial charge in [-0.3, -0.25) is 19.2 Å². The molecule has 3 N–H and O–H groups in total. The maximum absolute atomic E-state index is 12.9. The Morgan fingerprint density at radius 1 is 1.12 bits per heavy atom. The van der Waals surface area contributed by atoms with Crippen LogP contribution in [0.2, 0.25) is 10.0 Å². The number of carbonyl (C=O) groups is 4. The Kier molecular flexibility index (Phi) is 10.3. The Labute approximate surface area is 251 Å². The monoisotopic (exact) mass is 617 g/mol. The number of nitrogens with one attached hydrogen (secondary N) is 2. The fourth-order valence-corrected chi connectivity index (χ4v) is 6.02. The maximum Gasteiger partial charge on any atom is 0.305 e. The van der Waals surface area contributed by atoms with E-state index in [-0.39, 0.29) is 30.7 Å². The molecule has 0 saturated carbocycles. The molecule has 1 fully saturated rings. The maximum atomic E-state index is 12.9. The van der Waals surface area contributed by atoms with Crippen molar-refractivity contribution in [1.29, 1.82) is 0 Å². The first-order valence-electron chi connectivity index (χ1n) is 12.9. The van der Waals surface area contributed by atoms with Crippen LogP contribution in [0, 0.1) is 5.92 Å². The van der Waals surface area contributed by atoms with E-state index in [0.29, 0.717) is 52.9 Å². The number of ether oxygens (including phenoxy) is 1. The molecule has 1 aliphatic rings. The van der Waals surface area contributed by atoms with Crippen LogP contribution >= 0.6 is 34.5 Å². The topological polar surface area (TPSA) is 125 Å². The summed E-state index contributed by atoms with van der Waals surface area (Å²) in [5.74, 6) is -1.77. The Morgan fingerprint density at radius 2 is 1.83 bits per heavy atom. The first-order chi connectivity index (χ1) is 19.7. The number of hydrogen-bond acceptors (Lipinski definition) is 6. The molecule has 0 aliphatic carbocycles. The molecule has 1 atom stereocenters. The average Bonchev–Trinajstić information content (AvgIpc) is 3.45. The largest absolute Gasteiger partial charge is 0.497 e. The van der Waals surface area contributed by atoms with E-state index in [4.69, 9.17) is 27.9 Å². The Hall–Kier alpha value is -3.60. The number of carbonyl (C=O) groups excluding carboxylic acids is 3. The van der Waals surface area contributed by atoms with Crippen LogP contribution in [0.4, 0.5) is 0 Å². The van der Waals surface area contributed by atoms with Crippen LogP contribution in [0.5, 0.6) is 5.75 Å². The number of hydrogen-bond donors (Lipinski definition) is 3. The van der Waals surface area contributed by atoms with E-state index in [2.05, 4.69) is 10.6 Å². The van der Waals surface area contributed by atoms with Crippen molar-refractivity contribution in [2.45, 2.75) is 25.3 Å². The number of aliphatic carboxylic acids is 1. The highest BCUT2D eigenvalue weighted by atomic mass is 35.5. The van der Waals surface area contributed by atoms with Crippen molar-refractivity contribution in [3.05, 3.63) is 69.0 Å². The normalized spacial score (nSPS) is 14.7. The molecule has 1 aliphatic heterocycles. The van der Waals surface area contributed by atoms with Crippen molar-refractivity contribution >= 4 is 74.4 Å². The third-order valence-corrected chi connectivity index (χ3v) is 8.81. The summed E-state index contributed by atoms with van der Waals surface area (Å²) >= 11 is 14.3. The van der Waals surface area contributed by atoms with Crippen LogP contribution in [-0.4, -0.2) is 66.5 Å². The number of rotatable bonds is 10. The van der Waals surface area contributed by atoms with Crippen molar-refractivity contribution in [1.82, 2.24) is 15.5 Å². The summed E-state index contributed by atoms with van der Waals surface area (Å²) in [5.41, 5.74) is 1.03. The highest BCUT2D eigenvalue weighted by Gasteiger charge is 2.28. The predicted octanol–water partition coefficient (Wildman–Crippen LogP) is 4.86. The minimum atomic E-state index is -1.10. The molecule has 0 bridgehead atoms. The standard InChI is InChI=1S/C29H29Cl2N3O6S/c1-40-22-5-2-17(3-6-22)28(38)32-16-21(15-24(36)37)33-29(39)18-8-11-34(12-9-18)23(35)7-4-19-14-20-10-13-41-27(20)26(31)25(19)30/h2-7,10,13-14,18,21H,8-9,11-12,15-16H2,1H3,(H,32,38)(H,33,39)(H,36,37). The van der Waals surface area contributed by atoms with Gasteiger partial charge in [-0.15, -0.1) is 11.3 Å². The molecular formula is C29H29Cl2N3O6S. The summed E-state index contributed by atoms with van der Waals surface area (Å²) in [6, 6.07) is 9.51. The van der Waals surface area contributed by atoms with E-state index in [9.17, 15) is 24.3 Å². The molecule has 2 aromatic carbocycles. The highest BCUT2D eigenvalue weighted by molar-refractivity contribution is 7.18. The molecule has 4 rings (SSSR count). The molecule has 1 unspecified atom stereocenters. The number of nitrogens with zero attached hydrogens (tertiary/aromatic N) is 1. The van der Waals surface area contributed by atoms with Gasteiger partial charge in [0.2, 0.25) is 11.8 Å². The molecule has 9 nitrogen and oxygen atoms in total. The second-order valence-corrected chi connectivity index (χ2v) is 11.3. The number of carboxylic acid groups (broad SMARTS) is 1. The number of halogens is 2. The molecule has 0 radical (unpaired) electrons. The zero-order chi connectivity index (χ0) is 29.5. The van der Waals surface area contributed by atoms with Crippen molar-refractivity contribution in [2.24, 2.45) is 5.92 Å². The molecule has 1 aromatic heterocycles. The van der Waals surface area contributed by atoms with Gasteiger partial charge in [0.05, 0.1) is 34.3 Å². The van der Waals surface area contributed by atoms with Crippen LogP contribution in [0.25, 0.3) is 16.2 Å². The van der Waals surface area contributed by atoms with E-state index >= 15 is 0 Å². The molecule has 3 aromatic rings. The van der Waals surface area contributed by atoms with Crippen LogP contribution in [0.1, 0.15) is 35.2 Å². The quantitative estimate of drug-likeness (QED) is 0.279. The molecule has 1 saturated heterocycles. The Bertz CT molecular complexity index is 1470. The molecule has 216 valence electrons. The molecule has 3 amide bonds. The van der Waals surface area contributed by atoms with Crippen LogP contribution in [0.15, 0.2) is 47.9 Å². The molecule has 2 heterocycles. The number of likely N-dealkylation sites (tertiary alicyclic amines) is 1. The predicted molar refractivity (Wildman–Crippen MR) is 160 cm³/mol. The van der Waals surface area contributed by atoms with Crippen molar-refractivity contribution in [3.63, 3.8) is 0 Å². The lowest BCUT2D eigenvalue weighted by Crippen LogP contribution is -2.49. The van der Waals surface area contributed by atoms with Crippen LogP contribution in [-0.2, 0) is 14.4 Å². The second kappa shape index (κ2) is 13.8. The summed E-state index contributed by atoms with van der Waals surface area (Å²) in [5, 5.41) is 18.5. The number of methoxy groups -OCH3 is 1. The molecular weight excluding hydrogens is 589 g/mol. The number of amides is 3. The van der Waals surface area contributed by atoms with Gasteiger partial charge < -0.3 is 25.4 Å². The van der Waals surface area contributed by atoms with Crippen molar-refractivity contribution < 1.29 is 29.0 Å². The summed E-state index contributed by atoms with van der Waals surface area (Å²) in [6.45, 7) is 0.697. The van der Waals surface area contributed by atoms with Crippen LogP contribution < -0.4 is 15.4 Å². The third kappa shape index (κ3) is 7.78. The van der Waals surface area contributed by atoms with E-state index in [1.807, 2.05) is 17.5 Å². The zero-order valence-corrected chi connectivity index (χ0v) is 24.5. The van der Waals surface area contributed by atoms with E-state index in [0.717, 1.165) is 10.1 Å². The minimum Gasteiger partial charge on any atom is -0.497 e. The number of carboxylic acids is 1. The first kappa shape index (κ1) is 30.4. The van der Waals surface area contributed by atoms with Crippen molar-refractivity contribution in [3.8, 4) is 5.75 Å². The van der Waals surface area contributed by atoms with Gasteiger partial charge >= 0.3 is 5.97 Å². The van der Waals surface area contributed by atoms with Gasteiger partial charge in [0.1, 0.15) is 5.75 Å². The lowest BCUT2D eigenvalue weighted by Gasteiger charge is -2.31. The van der Waals surface area contributed by atoms with Gasteiger partial charge in [-0.25, -0.2) is 0 Å². The molecule has 0 spiro atoms. The number of benzene rings is 2. The van der Waals surface area contributed by atoms with Gasteiger partial charge in [-0.1, -0.05) is 23.2 Å². The summed E-state index contributed by atoms with van der Waals surface area (Å²) in [6.07, 6.45) is 3.60. The number of thiophene rings is 1. The fourth-order valence-electron chi connectivity index (χ4n) is 4.58. The SMILES string of the molecule is COc1ccc(C(=O)NCC(CC(=O)O)NC(=O)C2CCN(C(=O)C=Cc3cc4ccsc4c(Cl)c3Cl)CC2)cc1. The van der Waals surface area contributed by atoms with Gasteiger partial charge in [-0.05, 0) is 71.6 Å². The van der Waals surface area contributed by atoms with E-state index < -0.39 is 17.9 Å². The molecule has 12 heteroatoms. The lowest BCUT2D eigenvalue weighted by atomic mass is 9.95. The highest BCUT2D eigenvalue weighted by Crippen LogP contribution is 2.37. The minimum absolute atomic E-state index is 0.0468. The van der Waals surface area contributed by atoms with E-state index in [1.54, 1.807) is 35.2 Å². The summed E-state index contributed by atoms with van der Waals surface area (Å²) in [4.78, 5) is 51.3.